The molecule has 0 bridgehead atoms. The first-order valence-corrected chi connectivity index (χ1v) is 7.93. The second-order valence-corrected chi connectivity index (χ2v) is 6.61. The quantitative estimate of drug-likeness (QED) is 0.836. The zero-order valence-corrected chi connectivity index (χ0v) is 12.3. The molecule has 0 spiro atoms. The first-order chi connectivity index (χ1) is 8.88. The van der Waals surface area contributed by atoms with Crippen LogP contribution in [0.2, 0.25) is 0 Å². The Morgan fingerprint density at radius 2 is 2.21 bits per heavy atom. The standard InChI is InChI=1S/C11H13BrN2O4S/c12-9-2-1-7(5-10(9)19(13,16)17)11(15)14-8-3-4-18-6-8/h1-2,5,8H,3-4,6H2,(H,14,15)(H2,13,16,17). The van der Waals surface area contributed by atoms with Crippen LogP contribution >= 0.6 is 15.9 Å². The molecular weight excluding hydrogens is 336 g/mol. The van der Waals surface area contributed by atoms with Crippen LogP contribution in [0.1, 0.15) is 16.8 Å². The number of halogens is 1. The van der Waals surface area contributed by atoms with Crippen molar-refractivity contribution in [2.24, 2.45) is 5.14 Å². The lowest BCUT2D eigenvalue weighted by Gasteiger charge is -2.11. The van der Waals surface area contributed by atoms with E-state index in [0.717, 1.165) is 6.42 Å². The van der Waals surface area contributed by atoms with E-state index in [4.69, 9.17) is 9.88 Å². The topological polar surface area (TPSA) is 98.5 Å². The third-order valence-electron chi connectivity index (χ3n) is 2.76. The number of sulfonamides is 1. The average molecular weight is 349 g/mol. The van der Waals surface area contributed by atoms with Gasteiger partial charge in [0.05, 0.1) is 17.5 Å². The first-order valence-electron chi connectivity index (χ1n) is 5.59. The third-order valence-corrected chi connectivity index (χ3v) is 4.67. The second-order valence-electron chi connectivity index (χ2n) is 4.22. The molecule has 1 saturated heterocycles. The summed E-state index contributed by atoms with van der Waals surface area (Å²) in [6, 6.07) is 4.24. The maximum Gasteiger partial charge on any atom is 0.251 e. The molecule has 19 heavy (non-hydrogen) atoms. The fourth-order valence-corrected chi connectivity index (χ4v) is 3.33. The molecule has 1 unspecified atom stereocenters. The van der Waals surface area contributed by atoms with Crippen LogP contribution in [0.25, 0.3) is 0 Å². The molecule has 0 aromatic heterocycles. The van der Waals surface area contributed by atoms with Crippen molar-refractivity contribution in [3.05, 3.63) is 28.2 Å². The van der Waals surface area contributed by atoms with Crippen LogP contribution in [0.4, 0.5) is 0 Å². The van der Waals surface area contributed by atoms with Gasteiger partial charge in [0.2, 0.25) is 10.0 Å². The predicted molar refractivity (Wildman–Crippen MR) is 72.2 cm³/mol. The second kappa shape index (κ2) is 5.58. The van der Waals surface area contributed by atoms with Gasteiger partial charge in [0, 0.05) is 16.6 Å². The monoisotopic (exact) mass is 348 g/mol. The van der Waals surface area contributed by atoms with Crippen LogP contribution in [0.3, 0.4) is 0 Å². The fourth-order valence-electron chi connectivity index (χ4n) is 1.78. The van der Waals surface area contributed by atoms with Gasteiger partial charge < -0.3 is 10.1 Å². The van der Waals surface area contributed by atoms with Crippen LogP contribution in [-0.2, 0) is 14.8 Å². The van der Waals surface area contributed by atoms with Gasteiger partial charge in [-0.15, -0.1) is 0 Å². The Morgan fingerprint density at radius 1 is 1.47 bits per heavy atom. The molecule has 1 atom stereocenters. The highest BCUT2D eigenvalue weighted by Gasteiger charge is 2.20. The lowest BCUT2D eigenvalue weighted by atomic mass is 10.2. The Morgan fingerprint density at radius 3 is 2.79 bits per heavy atom. The Hall–Kier alpha value is -0.960. The van der Waals surface area contributed by atoms with Gasteiger partial charge in [0.1, 0.15) is 0 Å². The summed E-state index contributed by atoms with van der Waals surface area (Å²) in [7, 11) is -3.87. The molecule has 1 aliphatic heterocycles. The van der Waals surface area contributed by atoms with Crippen LogP contribution in [-0.4, -0.2) is 33.6 Å². The highest BCUT2D eigenvalue weighted by atomic mass is 79.9. The van der Waals surface area contributed by atoms with E-state index < -0.39 is 10.0 Å². The van der Waals surface area contributed by atoms with Gasteiger partial charge in [0.25, 0.3) is 5.91 Å². The Balaban J connectivity index is 2.23. The van der Waals surface area contributed by atoms with Gasteiger partial charge in [-0.2, -0.15) is 0 Å². The number of hydrogen-bond donors (Lipinski definition) is 2. The summed E-state index contributed by atoms with van der Waals surface area (Å²) in [5.74, 6) is -0.340. The Kier molecular flexibility index (Phi) is 4.24. The molecule has 1 fully saturated rings. The zero-order valence-electron chi connectivity index (χ0n) is 9.93. The molecule has 0 saturated carbocycles. The van der Waals surface area contributed by atoms with Crippen molar-refractivity contribution < 1.29 is 17.9 Å². The van der Waals surface area contributed by atoms with Crippen LogP contribution in [0.15, 0.2) is 27.6 Å². The number of nitrogens with two attached hydrogens (primary N) is 1. The van der Waals surface area contributed by atoms with Crippen molar-refractivity contribution in [3.63, 3.8) is 0 Å². The van der Waals surface area contributed by atoms with E-state index in [2.05, 4.69) is 21.2 Å². The van der Waals surface area contributed by atoms with E-state index in [1.165, 1.54) is 18.2 Å². The number of benzene rings is 1. The lowest BCUT2D eigenvalue weighted by Crippen LogP contribution is -2.35. The van der Waals surface area contributed by atoms with Crippen molar-refractivity contribution in [3.8, 4) is 0 Å². The largest absolute Gasteiger partial charge is 0.379 e. The zero-order chi connectivity index (χ0) is 14.0. The first kappa shape index (κ1) is 14.4. The molecule has 2 rings (SSSR count). The molecular formula is C11H13BrN2O4S. The van der Waals surface area contributed by atoms with Gasteiger partial charge in [-0.25, -0.2) is 13.6 Å². The summed E-state index contributed by atoms with van der Waals surface area (Å²) in [6.07, 6.45) is 0.754. The molecule has 1 aliphatic rings. The van der Waals surface area contributed by atoms with Gasteiger partial charge in [-0.1, -0.05) is 0 Å². The summed E-state index contributed by atoms with van der Waals surface area (Å²) in [5.41, 5.74) is 0.249. The van der Waals surface area contributed by atoms with Crippen molar-refractivity contribution in [2.45, 2.75) is 17.4 Å². The van der Waals surface area contributed by atoms with E-state index in [0.29, 0.717) is 17.7 Å². The predicted octanol–water partition coefficient (Wildman–Crippen LogP) is 0.615. The van der Waals surface area contributed by atoms with Crippen molar-refractivity contribution in [2.75, 3.05) is 13.2 Å². The highest BCUT2D eigenvalue weighted by molar-refractivity contribution is 9.10. The van der Waals surface area contributed by atoms with E-state index in [-0.39, 0.29) is 22.4 Å². The van der Waals surface area contributed by atoms with Crippen LogP contribution < -0.4 is 10.5 Å². The number of rotatable bonds is 3. The summed E-state index contributed by atoms with van der Waals surface area (Å²) < 4.78 is 28.2. The molecule has 1 heterocycles. The minimum absolute atomic E-state index is 0.0333. The van der Waals surface area contributed by atoms with E-state index in [1.54, 1.807) is 0 Å². The minimum Gasteiger partial charge on any atom is -0.379 e. The maximum absolute atomic E-state index is 12.0. The van der Waals surface area contributed by atoms with Crippen molar-refractivity contribution in [1.82, 2.24) is 5.32 Å². The summed E-state index contributed by atoms with van der Waals surface area (Å²) in [5, 5.41) is 7.86. The van der Waals surface area contributed by atoms with Crippen LogP contribution in [0.5, 0.6) is 0 Å². The average Bonchev–Trinajstić information content (AvgIpc) is 2.80. The normalized spacial score (nSPS) is 19.4. The number of hydrogen-bond acceptors (Lipinski definition) is 4. The number of amides is 1. The lowest BCUT2D eigenvalue weighted by molar-refractivity contribution is 0.0929. The van der Waals surface area contributed by atoms with E-state index >= 15 is 0 Å². The van der Waals surface area contributed by atoms with Crippen molar-refractivity contribution >= 4 is 31.9 Å². The molecule has 104 valence electrons. The number of carbonyl (C=O) groups excluding carboxylic acids is 1. The van der Waals surface area contributed by atoms with E-state index in [9.17, 15) is 13.2 Å². The fraction of sp³-hybridized carbons (Fsp3) is 0.364. The molecule has 0 aliphatic carbocycles. The molecule has 1 amide bonds. The molecule has 3 N–H and O–H groups in total. The SMILES string of the molecule is NS(=O)(=O)c1cc(C(=O)NC2CCOC2)ccc1Br. The minimum atomic E-state index is -3.87. The molecule has 1 aromatic rings. The molecule has 6 nitrogen and oxygen atoms in total. The summed E-state index contributed by atoms with van der Waals surface area (Å²) >= 11 is 3.09. The summed E-state index contributed by atoms with van der Waals surface area (Å²) in [6.45, 7) is 1.10. The van der Waals surface area contributed by atoms with Gasteiger partial charge >= 0.3 is 0 Å². The molecule has 1 aromatic carbocycles. The summed E-state index contributed by atoms with van der Waals surface area (Å²) in [4.78, 5) is 11.9. The van der Waals surface area contributed by atoms with Crippen LogP contribution in [0, 0.1) is 0 Å². The van der Waals surface area contributed by atoms with Gasteiger partial charge in [0.15, 0.2) is 0 Å². The smallest absolute Gasteiger partial charge is 0.251 e. The van der Waals surface area contributed by atoms with Crippen molar-refractivity contribution in [1.29, 1.82) is 0 Å². The number of carbonyl (C=O) groups is 1. The molecule has 8 heteroatoms. The van der Waals surface area contributed by atoms with Gasteiger partial charge in [-0.05, 0) is 40.5 Å². The Labute approximate surface area is 119 Å². The van der Waals surface area contributed by atoms with E-state index in [1.807, 2.05) is 0 Å². The number of primary sulfonamides is 1. The van der Waals surface area contributed by atoms with Gasteiger partial charge in [-0.3, -0.25) is 4.79 Å². The third kappa shape index (κ3) is 3.53. The number of nitrogens with one attached hydrogen (secondary N) is 1. The maximum atomic E-state index is 12.0. The number of ether oxygens (including phenoxy) is 1. The Bertz CT molecular complexity index is 597. The molecule has 0 radical (unpaired) electrons. The highest BCUT2D eigenvalue weighted by Crippen LogP contribution is 2.22.